The van der Waals surface area contributed by atoms with Gasteiger partial charge in [0, 0.05) is 19.4 Å². The molecule has 30 heavy (non-hydrogen) atoms. The van der Waals surface area contributed by atoms with Crippen LogP contribution in [0.1, 0.15) is 12.6 Å². The van der Waals surface area contributed by atoms with Crippen LogP contribution in [0.2, 0.25) is 0 Å². The summed E-state index contributed by atoms with van der Waals surface area (Å²) in [5, 5.41) is 0.263. The number of aromatic nitrogens is 6. The van der Waals surface area contributed by atoms with Gasteiger partial charge < -0.3 is 4.57 Å². The van der Waals surface area contributed by atoms with Crippen molar-refractivity contribution in [3.8, 4) is 22.4 Å². The summed E-state index contributed by atoms with van der Waals surface area (Å²) in [5.41, 5.74) is -0.710. The Morgan fingerprint density at radius 1 is 1.13 bits per heavy atom. The second kappa shape index (κ2) is 7.09. The van der Waals surface area contributed by atoms with Crippen LogP contribution < -0.4 is 0 Å². The number of halogens is 3. The normalized spacial score (nSPS) is 12.6. The Bertz CT molecular complexity index is 1350. The molecule has 0 N–H and O–H groups in total. The molecule has 0 atom stereocenters. The van der Waals surface area contributed by atoms with Crippen LogP contribution >= 0.6 is 11.3 Å². The molecule has 156 valence electrons. The number of sulfone groups is 1. The van der Waals surface area contributed by atoms with Gasteiger partial charge in [-0.05, 0) is 12.1 Å². The molecule has 8 nitrogen and oxygen atoms in total. The van der Waals surface area contributed by atoms with Crippen molar-refractivity contribution in [1.29, 1.82) is 0 Å². The SMILES string of the molecule is CCS(=O)(=O)c1sc(-c2ncccn2)nc1-c1nc2cc(C(F)(F)F)ncc2n1C. The number of aryl methyl sites for hydroxylation is 1. The maximum Gasteiger partial charge on any atom is 0.433 e. The number of alkyl halides is 3. The highest BCUT2D eigenvalue weighted by Gasteiger charge is 2.33. The van der Waals surface area contributed by atoms with Gasteiger partial charge in [-0.25, -0.2) is 33.3 Å². The fourth-order valence-corrected chi connectivity index (χ4v) is 5.28. The first-order valence-corrected chi connectivity index (χ1v) is 11.0. The Kier molecular flexibility index (Phi) is 4.81. The van der Waals surface area contributed by atoms with Gasteiger partial charge in [0.05, 0.1) is 23.0 Å². The van der Waals surface area contributed by atoms with Crippen LogP contribution in [0.5, 0.6) is 0 Å². The monoisotopic (exact) mass is 454 g/mol. The Morgan fingerprint density at radius 3 is 2.47 bits per heavy atom. The molecule has 0 saturated carbocycles. The van der Waals surface area contributed by atoms with Crippen molar-refractivity contribution in [1.82, 2.24) is 29.5 Å². The van der Waals surface area contributed by atoms with Gasteiger partial charge in [-0.1, -0.05) is 18.3 Å². The Morgan fingerprint density at radius 2 is 1.83 bits per heavy atom. The van der Waals surface area contributed by atoms with Crippen LogP contribution in [0.3, 0.4) is 0 Å². The lowest BCUT2D eigenvalue weighted by molar-refractivity contribution is -0.141. The predicted octanol–water partition coefficient (Wildman–Crippen LogP) is 3.36. The fourth-order valence-electron chi connectivity index (χ4n) is 2.75. The number of pyridine rings is 1. The molecular weight excluding hydrogens is 441 g/mol. The predicted molar refractivity (Wildman–Crippen MR) is 103 cm³/mol. The summed E-state index contributed by atoms with van der Waals surface area (Å²) < 4.78 is 65.8. The van der Waals surface area contributed by atoms with Crippen molar-refractivity contribution in [2.24, 2.45) is 7.05 Å². The molecule has 0 bridgehead atoms. The minimum Gasteiger partial charge on any atom is -0.324 e. The smallest absolute Gasteiger partial charge is 0.324 e. The minimum absolute atomic E-state index is 0.0279. The Hall–Kier alpha value is -2.93. The molecule has 4 aromatic heterocycles. The van der Waals surface area contributed by atoms with Crippen molar-refractivity contribution in [3.63, 3.8) is 0 Å². The third-order valence-corrected chi connectivity index (χ3v) is 7.66. The van der Waals surface area contributed by atoms with E-state index in [1.165, 1.54) is 23.9 Å². The van der Waals surface area contributed by atoms with Gasteiger partial charge in [0.15, 0.2) is 30.7 Å². The van der Waals surface area contributed by atoms with Crippen LogP contribution in [0.25, 0.3) is 33.4 Å². The number of hydrogen-bond donors (Lipinski definition) is 0. The molecule has 0 fully saturated rings. The summed E-state index contributed by atoms with van der Waals surface area (Å²) in [7, 11) is -2.14. The van der Waals surface area contributed by atoms with E-state index in [2.05, 4.69) is 24.9 Å². The van der Waals surface area contributed by atoms with Crippen molar-refractivity contribution in [2.75, 3.05) is 5.75 Å². The highest BCUT2D eigenvalue weighted by molar-refractivity contribution is 7.93. The average Bonchev–Trinajstić information content (AvgIpc) is 3.30. The molecule has 4 rings (SSSR count). The summed E-state index contributed by atoms with van der Waals surface area (Å²) in [5.74, 6) is 0.166. The zero-order chi connectivity index (χ0) is 21.7. The van der Waals surface area contributed by atoms with Crippen molar-refractivity contribution >= 4 is 32.2 Å². The average molecular weight is 454 g/mol. The van der Waals surface area contributed by atoms with E-state index in [4.69, 9.17) is 0 Å². The maximum atomic E-state index is 13.0. The zero-order valence-electron chi connectivity index (χ0n) is 15.5. The molecule has 0 radical (unpaired) electrons. The molecule has 4 heterocycles. The van der Waals surface area contributed by atoms with Crippen LogP contribution in [-0.2, 0) is 23.1 Å². The number of hydrogen-bond acceptors (Lipinski definition) is 8. The zero-order valence-corrected chi connectivity index (χ0v) is 17.2. The number of imidazole rings is 1. The first-order valence-electron chi connectivity index (χ1n) is 8.53. The van der Waals surface area contributed by atoms with Gasteiger partial charge in [0.1, 0.15) is 11.4 Å². The third-order valence-electron chi connectivity index (χ3n) is 4.29. The standard InChI is InChI=1S/C17H13F3N6O2S2/c1-3-30(27,28)16-12(25-15(29-16)13-21-5-4-6-22-13)14-24-9-7-11(17(18,19)20)23-8-10(9)26(14)2/h4-8H,3H2,1-2H3. The number of thiazole rings is 1. The molecule has 0 amide bonds. The van der Waals surface area contributed by atoms with Crippen molar-refractivity contribution in [3.05, 3.63) is 36.4 Å². The van der Waals surface area contributed by atoms with Gasteiger partial charge in [0.2, 0.25) is 0 Å². The number of rotatable bonds is 4. The first-order chi connectivity index (χ1) is 14.1. The topological polar surface area (TPSA) is 104 Å². The quantitative estimate of drug-likeness (QED) is 0.466. The van der Waals surface area contributed by atoms with Crippen molar-refractivity contribution in [2.45, 2.75) is 17.3 Å². The number of nitrogens with zero attached hydrogens (tertiary/aromatic N) is 6. The van der Waals surface area contributed by atoms with E-state index in [-0.39, 0.29) is 37.8 Å². The molecule has 0 aliphatic carbocycles. The third kappa shape index (κ3) is 3.43. The molecule has 13 heteroatoms. The first kappa shape index (κ1) is 20.3. The van der Waals surface area contributed by atoms with E-state index < -0.39 is 21.7 Å². The van der Waals surface area contributed by atoms with E-state index in [0.29, 0.717) is 5.52 Å². The van der Waals surface area contributed by atoms with E-state index in [0.717, 1.165) is 23.6 Å². The summed E-state index contributed by atoms with van der Waals surface area (Å²) >= 11 is 0.892. The molecule has 0 aromatic carbocycles. The molecule has 0 aliphatic heterocycles. The molecule has 4 aromatic rings. The second-order valence-corrected chi connectivity index (χ2v) is 9.65. The highest BCUT2D eigenvalue weighted by Crippen LogP contribution is 2.37. The molecule has 0 saturated heterocycles. The van der Waals surface area contributed by atoms with Gasteiger partial charge in [-0.2, -0.15) is 13.2 Å². The fraction of sp³-hybridized carbons (Fsp3) is 0.235. The van der Waals surface area contributed by atoms with Gasteiger partial charge in [0.25, 0.3) is 0 Å². The van der Waals surface area contributed by atoms with Crippen LogP contribution in [0, 0.1) is 0 Å². The lowest BCUT2D eigenvalue weighted by Gasteiger charge is -2.05. The van der Waals surface area contributed by atoms with Gasteiger partial charge >= 0.3 is 6.18 Å². The largest absolute Gasteiger partial charge is 0.433 e. The van der Waals surface area contributed by atoms with Gasteiger partial charge in [-0.3, -0.25) is 0 Å². The summed E-state index contributed by atoms with van der Waals surface area (Å²) in [6, 6.07) is 2.43. The van der Waals surface area contributed by atoms with Crippen LogP contribution in [0.4, 0.5) is 13.2 Å². The molecule has 0 spiro atoms. The van der Waals surface area contributed by atoms with Crippen LogP contribution in [-0.4, -0.2) is 43.7 Å². The summed E-state index contributed by atoms with van der Waals surface area (Å²) in [6.45, 7) is 1.49. The van der Waals surface area contributed by atoms with Gasteiger partial charge in [-0.15, -0.1) is 0 Å². The Balaban J connectivity index is 1.96. The summed E-state index contributed by atoms with van der Waals surface area (Å²) in [6.07, 6.45) is -0.579. The molecular formula is C17H13F3N6O2S2. The maximum absolute atomic E-state index is 13.0. The lowest BCUT2D eigenvalue weighted by Crippen LogP contribution is -2.07. The Labute approximate surface area is 172 Å². The van der Waals surface area contributed by atoms with Crippen molar-refractivity contribution < 1.29 is 21.6 Å². The number of fused-ring (bicyclic) bond motifs is 1. The van der Waals surface area contributed by atoms with E-state index in [9.17, 15) is 21.6 Å². The molecule has 0 aliphatic rings. The summed E-state index contributed by atoms with van der Waals surface area (Å²) in [4.78, 5) is 20.2. The lowest BCUT2D eigenvalue weighted by atomic mass is 10.3. The van der Waals surface area contributed by atoms with E-state index in [1.807, 2.05) is 0 Å². The minimum atomic E-state index is -4.62. The molecule has 0 unspecified atom stereocenters. The highest BCUT2D eigenvalue weighted by atomic mass is 32.2. The van der Waals surface area contributed by atoms with Crippen LogP contribution in [0.15, 0.2) is 34.9 Å². The second-order valence-electron chi connectivity index (χ2n) is 6.18. The van der Waals surface area contributed by atoms with E-state index >= 15 is 0 Å². The van der Waals surface area contributed by atoms with E-state index in [1.54, 1.807) is 13.1 Å².